The van der Waals surface area contributed by atoms with Crippen LogP contribution in [0.1, 0.15) is 18.1 Å². The summed E-state index contributed by atoms with van der Waals surface area (Å²) in [6.07, 6.45) is 0. The highest BCUT2D eigenvalue weighted by molar-refractivity contribution is 7.99. The third kappa shape index (κ3) is 8.33. The molecule has 0 aliphatic heterocycles. The van der Waals surface area contributed by atoms with Gasteiger partial charge in [0.2, 0.25) is 10.0 Å². The van der Waals surface area contributed by atoms with Crippen LogP contribution in [0.5, 0.6) is 0 Å². The van der Waals surface area contributed by atoms with Crippen molar-refractivity contribution in [2.24, 2.45) is 4.99 Å². The zero-order valence-electron chi connectivity index (χ0n) is 16.3. The minimum absolute atomic E-state index is 0.0175. The Kier molecular flexibility index (Phi) is 9.33. The first-order valence-corrected chi connectivity index (χ1v) is 11.9. The van der Waals surface area contributed by atoms with Gasteiger partial charge < -0.3 is 10.6 Å². The molecule has 0 atom stereocenters. The lowest BCUT2D eigenvalue weighted by atomic mass is 10.1. The minimum atomic E-state index is -3.25. The van der Waals surface area contributed by atoms with Crippen molar-refractivity contribution >= 4 is 27.7 Å². The second-order valence-corrected chi connectivity index (χ2v) is 9.16. The lowest BCUT2D eigenvalue weighted by Crippen LogP contribution is -2.38. The van der Waals surface area contributed by atoms with Crippen LogP contribution >= 0.6 is 11.8 Å². The third-order valence-corrected chi connectivity index (χ3v) is 6.21. The highest BCUT2D eigenvalue weighted by Crippen LogP contribution is 2.15. The number of hydrogen-bond donors (Lipinski definition) is 3. The topological polar surface area (TPSA) is 82.6 Å². The molecule has 8 heteroatoms. The van der Waals surface area contributed by atoms with Gasteiger partial charge >= 0.3 is 0 Å². The summed E-state index contributed by atoms with van der Waals surface area (Å²) >= 11 is 1.80. The van der Waals surface area contributed by atoms with E-state index in [9.17, 15) is 8.42 Å². The number of guanidine groups is 1. The summed E-state index contributed by atoms with van der Waals surface area (Å²) in [5.74, 6) is 1.71. The van der Waals surface area contributed by atoms with Crippen molar-refractivity contribution in [2.45, 2.75) is 24.1 Å². The maximum absolute atomic E-state index is 11.6. The van der Waals surface area contributed by atoms with Gasteiger partial charge in [0.15, 0.2) is 5.96 Å². The Morgan fingerprint density at radius 2 is 1.68 bits per heavy atom. The summed E-state index contributed by atoms with van der Waals surface area (Å²) in [4.78, 5) is 5.86. The molecular formula is C20H28N4O2S2. The summed E-state index contributed by atoms with van der Waals surface area (Å²) in [7, 11) is -1.83. The van der Waals surface area contributed by atoms with Gasteiger partial charge in [-0.15, -0.1) is 11.8 Å². The summed E-state index contributed by atoms with van der Waals surface area (Å²) in [5, 5.41) is 6.59. The van der Waals surface area contributed by atoms with E-state index >= 15 is 0 Å². The Hall–Kier alpha value is -2.03. The van der Waals surface area contributed by atoms with E-state index in [1.807, 2.05) is 49.4 Å². The van der Waals surface area contributed by atoms with Crippen LogP contribution in [0.2, 0.25) is 0 Å². The van der Waals surface area contributed by atoms with Crippen LogP contribution in [-0.2, 0) is 22.3 Å². The molecule has 2 aromatic rings. The standard InChI is InChI=1S/C20H28N4O2S2/c1-3-22-20(23-13-14-27-19-7-5-4-6-8-19)24-15-17-9-11-18(12-10-17)16-28(25,26)21-2/h4-12,21H,3,13-16H2,1-2H3,(H2,22,23,24). The molecule has 0 unspecified atom stereocenters. The zero-order valence-corrected chi connectivity index (χ0v) is 17.9. The SMILES string of the molecule is CCNC(=NCc1ccc(CS(=O)(=O)NC)cc1)NCCSc1ccccc1. The fourth-order valence-corrected chi connectivity index (χ4v) is 3.96. The van der Waals surface area contributed by atoms with Crippen molar-refractivity contribution in [1.29, 1.82) is 0 Å². The summed E-state index contributed by atoms with van der Waals surface area (Å²) in [5.41, 5.74) is 1.78. The van der Waals surface area contributed by atoms with E-state index in [0.29, 0.717) is 6.54 Å². The Labute approximate surface area is 172 Å². The third-order valence-electron chi connectivity index (χ3n) is 3.86. The molecule has 28 heavy (non-hydrogen) atoms. The largest absolute Gasteiger partial charge is 0.357 e. The molecule has 0 fully saturated rings. The Balaban J connectivity index is 1.84. The van der Waals surface area contributed by atoms with Gasteiger partial charge in [-0.1, -0.05) is 42.5 Å². The smallest absolute Gasteiger partial charge is 0.215 e. The second-order valence-electron chi connectivity index (χ2n) is 6.06. The number of thioether (sulfide) groups is 1. The second kappa shape index (κ2) is 11.7. The number of benzene rings is 2. The molecule has 0 bridgehead atoms. The maximum atomic E-state index is 11.6. The highest BCUT2D eigenvalue weighted by Gasteiger charge is 2.08. The van der Waals surface area contributed by atoms with Gasteiger partial charge in [-0.2, -0.15) is 0 Å². The average molecular weight is 421 g/mol. The number of nitrogens with one attached hydrogen (secondary N) is 3. The monoisotopic (exact) mass is 420 g/mol. The van der Waals surface area contributed by atoms with Crippen molar-refractivity contribution in [3.8, 4) is 0 Å². The number of sulfonamides is 1. The van der Waals surface area contributed by atoms with E-state index in [4.69, 9.17) is 0 Å². The predicted octanol–water partition coefficient (Wildman–Crippen LogP) is 2.58. The van der Waals surface area contributed by atoms with E-state index in [2.05, 4.69) is 32.5 Å². The quantitative estimate of drug-likeness (QED) is 0.238. The summed E-state index contributed by atoms with van der Waals surface area (Å²) < 4.78 is 25.5. The Bertz CT molecular complexity index is 838. The van der Waals surface area contributed by atoms with E-state index in [1.54, 1.807) is 11.8 Å². The van der Waals surface area contributed by atoms with Crippen LogP contribution in [-0.4, -0.2) is 40.3 Å². The van der Waals surface area contributed by atoms with Crippen LogP contribution in [0.4, 0.5) is 0 Å². The van der Waals surface area contributed by atoms with Crippen molar-refractivity contribution < 1.29 is 8.42 Å². The number of rotatable bonds is 10. The molecule has 0 aliphatic rings. The average Bonchev–Trinajstić information content (AvgIpc) is 2.71. The first-order chi connectivity index (χ1) is 13.5. The number of aliphatic imine (C=N–C) groups is 1. The first kappa shape index (κ1) is 22.3. The van der Waals surface area contributed by atoms with Crippen LogP contribution in [0.3, 0.4) is 0 Å². The summed E-state index contributed by atoms with van der Waals surface area (Å²) in [6.45, 7) is 4.16. The van der Waals surface area contributed by atoms with Crippen molar-refractivity contribution in [3.05, 3.63) is 65.7 Å². The van der Waals surface area contributed by atoms with Crippen LogP contribution in [0, 0.1) is 0 Å². The molecule has 0 aromatic heterocycles. The molecule has 0 saturated heterocycles. The van der Waals surface area contributed by atoms with Gasteiger partial charge in [0.25, 0.3) is 0 Å². The fraction of sp³-hybridized carbons (Fsp3) is 0.350. The van der Waals surface area contributed by atoms with Gasteiger partial charge in [-0.25, -0.2) is 18.1 Å². The molecule has 0 amide bonds. The van der Waals surface area contributed by atoms with Gasteiger partial charge in [0.05, 0.1) is 12.3 Å². The molecule has 2 aromatic carbocycles. The molecule has 0 heterocycles. The van der Waals surface area contributed by atoms with Gasteiger partial charge in [0.1, 0.15) is 0 Å². The molecule has 0 radical (unpaired) electrons. The van der Waals surface area contributed by atoms with Gasteiger partial charge in [-0.05, 0) is 37.2 Å². The first-order valence-electron chi connectivity index (χ1n) is 9.21. The molecule has 6 nitrogen and oxygen atoms in total. The Morgan fingerprint density at radius 1 is 1.00 bits per heavy atom. The molecule has 0 saturated carbocycles. The normalized spacial score (nSPS) is 12.0. The lowest BCUT2D eigenvalue weighted by Gasteiger charge is -2.11. The predicted molar refractivity (Wildman–Crippen MR) is 118 cm³/mol. The number of nitrogens with zero attached hydrogens (tertiary/aromatic N) is 1. The summed E-state index contributed by atoms with van der Waals surface area (Å²) in [6, 6.07) is 17.8. The van der Waals surface area contributed by atoms with E-state index in [1.165, 1.54) is 11.9 Å². The molecule has 3 N–H and O–H groups in total. The van der Waals surface area contributed by atoms with Crippen LogP contribution < -0.4 is 15.4 Å². The van der Waals surface area contributed by atoms with Crippen molar-refractivity contribution in [2.75, 3.05) is 25.9 Å². The maximum Gasteiger partial charge on any atom is 0.215 e. The zero-order chi connectivity index (χ0) is 20.2. The molecular weight excluding hydrogens is 392 g/mol. The lowest BCUT2D eigenvalue weighted by molar-refractivity contribution is 0.587. The van der Waals surface area contributed by atoms with Crippen LogP contribution in [0.25, 0.3) is 0 Å². The molecule has 152 valence electrons. The van der Waals surface area contributed by atoms with E-state index in [0.717, 1.165) is 35.9 Å². The Morgan fingerprint density at radius 3 is 2.32 bits per heavy atom. The highest BCUT2D eigenvalue weighted by atomic mass is 32.2. The number of hydrogen-bond acceptors (Lipinski definition) is 4. The van der Waals surface area contributed by atoms with Gasteiger partial charge in [0, 0.05) is 23.7 Å². The fourth-order valence-electron chi connectivity index (χ4n) is 2.40. The molecule has 2 rings (SSSR count). The molecule has 0 aliphatic carbocycles. The van der Waals surface area contributed by atoms with E-state index < -0.39 is 10.0 Å². The van der Waals surface area contributed by atoms with Crippen molar-refractivity contribution in [1.82, 2.24) is 15.4 Å². The van der Waals surface area contributed by atoms with Crippen molar-refractivity contribution in [3.63, 3.8) is 0 Å². The minimum Gasteiger partial charge on any atom is -0.357 e. The molecule has 0 spiro atoms. The van der Waals surface area contributed by atoms with E-state index in [-0.39, 0.29) is 5.75 Å². The van der Waals surface area contributed by atoms with Crippen LogP contribution in [0.15, 0.2) is 64.5 Å². The van der Waals surface area contributed by atoms with Gasteiger partial charge in [-0.3, -0.25) is 0 Å².